The topological polar surface area (TPSA) is 98.0 Å². The summed E-state index contributed by atoms with van der Waals surface area (Å²) in [5, 5.41) is 17.5. The number of nitrogens with one attached hydrogen (secondary N) is 2. The van der Waals surface area contributed by atoms with Gasteiger partial charge in [0.15, 0.2) is 5.96 Å². The molecule has 0 unspecified atom stereocenters. The number of nitro groups is 1. The van der Waals surface area contributed by atoms with E-state index in [4.69, 9.17) is 9.47 Å². The summed E-state index contributed by atoms with van der Waals surface area (Å²) < 4.78 is 10.7. The maximum absolute atomic E-state index is 11.2. The molecule has 29 heavy (non-hydrogen) atoms. The van der Waals surface area contributed by atoms with Gasteiger partial charge in [0, 0.05) is 44.5 Å². The van der Waals surface area contributed by atoms with Crippen LogP contribution in [0, 0.1) is 10.1 Å². The Hall–Kier alpha value is -2.40. The fourth-order valence-electron chi connectivity index (χ4n) is 2.49. The van der Waals surface area contributed by atoms with Crippen molar-refractivity contribution in [3.63, 3.8) is 0 Å². The summed E-state index contributed by atoms with van der Waals surface area (Å²) in [4.78, 5) is 15.2. The van der Waals surface area contributed by atoms with E-state index in [1.54, 1.807) is 25.3 Å². The first-order chi connectivity index (χ1) is 13.6. The van der Waals surface area contributed by atoms with Crippen molar-refractivity contribution in [2.24, 2.45) is 4.99 Å². The second kappa shape index (κ2) is 13.7. The molecule has 9 heteroatoms. The molecule has 2 rings (SSSR count). The molecule has 2 N–H and O–H groups in total. The molecule has 0 bridgehead atoms. The Labute approximate surface area is 187 Å². The van der Waals surface area contributed by atoms with Gasteiger partial charge in [-0.2, -0.15) is 0 Å². The van der Waals surface area contributed by atoms with E-state index in [-0.39, 0.29) is 36.2 Å². The Morgan fingerprint density at radius 3 is 2.69 bits per heavy atom. The number of hydrogen-bond donors (Lipinski definition) is 2. The number of guanidine groups is 1. The first-order valence-electron chi connectivity index (χ1n) is 9.13. The van der Waals surface area contributed by atoms with E-state index >= 15 is 0 Å². The van der Waals surface area contributed by atoms with Crippen molar-refractivity contribution in [1.29, 1.82) is 0 Å². The highest BCUT2D eigenvalue weighted by Gasteiger charge is 2.12. The Morgan fingerprint density at radius 2 is 1.97 bits per heavy atom. The second-order valence-electron chi connectivity index (χ2n) is 5.93. The summed E-state index contributed by atoms with van der Waals surface area (Å²) in [6.07, 6.45) is 0.814. The van der Waals surface area contributed by atoms with Gasteiger partial charge in [-0.05, 0) is 19.1 Å². The third kappa shape index (κ3) is 8.65. The van der Waals surface area contributed by atoms with E-state index in [0.29, 0.717) is 31.3 Å². The lowest BCUT2D eigenvalue weighted by atomic mass is 10.2. The summed E-state index contributed by atoms with van der Waals surface area (Å²) in [6.45, 7) is 4.04. The van der Waals surface area contributed by atoms with Crippen LogP contribution in [0.5, 0.6) is 5.75 Å². The maximum Gasteiger partial charge on any atom is 0.274 e. The lowest BCUT2D eigenvalue weighted by Crippen LogP contribution is -2.30. The smallest absolute Gasteiger partial charge is 0.274 e. The van der Waals surface area contributed by atoms with Crippen LogP contribution in [0.25, 0.3) is 0 Å². The van der Waals surface area contributed by atoms with E-state index in [9.17, 15) is 10.1 Å². The van der Waals surface area contributed by atoms with Crippen molar-refractivity contribution in [2.75, 3.05) is 32.2 Å². The summed E-state index contributed by atoms with van der Waals surface area (Å²) in [7, 11) is 1.66. The fourth-order valence-corrected chi connectivity index (χ4v) is 2.49. The molecule has 0 aromatic heterocycles. The van der Waals surface area contributed by atoms with E-state index < -0.39 is 4.92 Å². The summed E-state index contributed by atoms with van der Waals surface area (Å²) in [5.74, 6) is 1.29. The highest BCUT2D eigenvalue weighted by atomic mass is 127. The van der Waals surface area contributed by atoms with Gasteiger partial charge >= 0.3 is 0 Å². The van der Waals surface area contributed by atoms with Crippen LogP contribution in [0.3, 0.4) is 0 Å². The number of methoxy groups -OCH3 is 1. The van der Waals surface area contributed by atoms with Crippen LogP contribution in [0.1, 0.15) is 18.9 Å². The second-order valence-corrected chi connectivity index (χ2v) is 5.93. The molecule has 0 heterocycles. The Morgan fingerprint density at radius 1 is 1.17 bits per heavy atom. The molecule has 0 aliphatic carbocycles. The van der Waals surface area contributed by atoms with Crippen molar-refractivity contribution in [1.82, 2.24) is 5.32 Å². The molecule has 2 aromatic rings. The van der Waals surface area contributed by atoms with Crippen LogP contribution < -0.4 is 15.4 Å². The number of halogens is 1. The van der Waals surface area contributed by atoms with E-state index in [1.165, 1.54) is 6.07 Å². The highest BCUT2D eigenvalue weighted by Crippen LogP contribution is 2.19. The quantitative estimate of drug-likeness (QED) is 0.123. The van der Waals surface area contributed by atoms with Crippen molar-refractivity contribution in [3.8, 4) is 5.75 Å². The van der Waals surface area contributed by atoms with Gasteiger partial charge in [-0.3, -0.25) is 10.1 Å². The number of nitro benzene ring substituents is 1. The summed E-state index contributed by atoms with van der Waals surface area (Å²) in [5.41, 5.74) is 1.43. The van der Waals surface area contributed by atoms with Crippen LogP contribution >= 0.6 is 24.0 Å². The third-order valence-corrected chi connectivity index (χ3v) is 3.80. The molecule has 0 aliphatic heterocycles. The lowest BCUT2D eigenvalue weighted by molar-refractivity contribution is -0.385. The SMILES string of the molecule is CCNC(=NCc1ccccc1[N+](=O)[O-])Nc1cccc(OCCCOC)c1.I. The first-order valence-corrected chi connectivity index (χ1v) is 9.13. The summed E-state index contributed by atoms with van der Waals surface area (Å²) in [6, 6.07) is 14.2. The van der Waals surface area contributed by atoms with Gasteiger partial charge in [0.25, 0.3) is 5.69 Å². The van der Waals surface area contributed by atoms with Gasteiger partial charge in [0.1, 0.15) is 5.75 Å². The molecular formula is C20H27IN4O4. The molecule has 0 radical (unpaired) electrons. The average Bonchev–Trinajstić information content (AvgIpc) is 2.70. The normalized spacial score (nSPS) is 10.8. The van der Waals surface area contributed by atoms with Crippen molar-refractivity contribution in [3.05, 3.63) is 64.2 Å². The highest BCUT2D eigenvalue weighted by molar-refractivity contribution is 14.0. The predicted molar refractivity (Wildman–Crippen MR) is 125 cm³/mol. The molecule has 0 aliphatic rings. The average molecular weight is 514 g/mol. The number of aliphatic imine (C=N–C) groups is 1. The van der Waals surface area contributed by atoms with Gasteiger partial charge in [0.05, 0.1) is 23.6 Å². The van der Waals surface area contributed by atoms with E-state index in [0.717, 1.165) is 17.9 Å². The molecule has 0 amide bonds. The molecule has 0 saturated carbocycles. The molecule has 8 nitrogen and oxygen atoms in total. The standard InChI is InChI=1S/C20H26N4O4.HI/c1-3-21-20(22-15-16-8-4-5-11-19(16)24(25)26)23-17-9-6-10-18(14-17)28-13-7-12-27-2;/h4-6,8-11,14H,3,7,12-13,15H2,1-2H3,(H2,21,22,23);1H. The maximum atomic E-state index is 11.2. The van der Waals surface area contributed by atoms with Crippen LogP contribution in [-0.2, 0) is 11.3 Å². The van der Waals surface area contributed by atoms with E-state index in [1.807, 2.05) is 31.2 Å². The zero-order chi connectivity index (χ0) is 20.2. The molecule has 0 atom stereocenters. The van der Waals surface area contributed by atoms with Crippen LogP contribution in [0.15, 0.2) is 53.5 Å². The van der Waals surface area contributed by atoms with Gasteiger partial charge in [-0.15, -0.1) is 24.0 Å². The number of ether oxygens (including phenoxy) is 2. The minimum atomic E-state index is -0.393. The number of anilines is 1. The monoisotopic (exact) mass is 514 g/mol. The number of hydrogen-bond acceptors (Lipinski definition) is 5. The Kier molecular flexibility index (Phi) is 11.7. The number of nitrogens with zero attached hydrogens (tertiary/aromatic N) is 2. The zero-order valence-corrected chi connectivity index (χ0v) is 18.9. The molecule has 0 fully saturated rings. The molecule has 2 aromatic carbocycles. The van der Waals surface area contributed by atoms with Crippen LogP contribution in [-0.4, -0.2) is 37.8 Å². The predicted octanol–water partition coefficient (Wildman–Crippen LogP) is 4.21. The Bertz CT molecular complexity index is 802. The minimum absolute atomic E-state index is 0. The molecule has 0 saturated heterocycles. The van der Waals surface area contributed by atoms with Crippen LogP contribution in [0.4, 0.5) is 11.4 Å². The Balaban J connectivity index is 0.00000420. The van der Waals surface area contributed by atoms with E-state index in [2.05, 4.69) is 15.6 Å². The molecule has 158 valence electrons. The fraction of sp³-hybridized carbons (Fsp3) is 0.350. The molecular weight excluding hydrogens is 487 g/mol. The lowest BCUT2D eigenvalue weighted by Gasteiger charge is -2.13. The van der Waals surface area contributed by atoms with Gasteiger partial charge in [-0.25, -0.2) is 4.99 Å². The van der Waals surface area contributed by atoms with Crippen molar-refractivity contribution >= 4 is 41.3 Å². The van der Waals surface area contributed by atoms with Gasteiger partial charge < -0.3 is 20.1 Å². The van der Waals surface area contributed by atoms with Crippen molar-refractivity contribution in [2.45, 2.75) is 19.9 Å². The number of para-hydroxylation sites is 1. The van der Waals surface area contributed by atoms with Gasteiger partial charge in [0.2, 0.25) is 0 Å². The molecule has 0 spiro atoms. The number of rotatable bonds is 10. The summed E-state index contributed by atoms with van der Waals surface area (Å²) >= 11 is 0. The van der Waals surface area contributed by atoms with Crippen LogP contribution in [0.2, 0.25) is 0 Å². The van der Waals surface area contributed by atoms with Gasteiger partial charge in [-0.1, -0.05) is 24.3 Å². The zero-order valence-electron chi connectivity index (χ0n) is 16.6. The largest absolute Gasteiger partial charge is 0.493 e. The van der Waals surface area contributed by atoms with Crippen molar-refractivity contribution < 1.29 is 14.4 Å². The number of benzene rings is 2. The third-order valence-electron chi connectivity index (χ3n) is 3.80. The minimum Gasteiger partial charge on any atom is -0.493 e. The first kappa shape index (κ1) is 24.6.